The maximum atomic E-state index is 12.1. The molecular formula is C19H22N2O5. The molecule has 0 aliphatic heterocycles. The van der Waals surface area contributed by atoms with Gasteiger partial charge < -0.3 is 25.2 Å². The highest BCUT2D eigenvalue weighted by Crippen LogP contribution is 2.16. The standard InChI is InChI=1S/C19H22N2O5/c1-3-26-17(22)14-10-8-13(9-11-14)12-20-19(24)21-16-7-5-4-6-15(16)18(23)25-2/h4-11,17,22H,3,12H2,1-2H3,(H2,20,21,24). The van der Waals surface area contributed by atoms with Crippen LogP contribution in [-0.2, 0) is 16.0 Å². The van der Waals surface area contributed by atoms with E-state index < -0.39 is 18.3 Å². The number of carbonyl (C=O) groups excluding carboxylic acids is 2. The van der Waals surface area contributed by atoms with Crippen LogP contribution in [0.15, 0.2) is 48.5 Å². The van der Waals surface area contributed by atoms with E-state index in [-0.39, 0.29) is 12.1 Å². The summed E-state index contributed by atoms with van der Waals surface area (Å²) in [7, 11) is 1.28. The van der Waals surface area contributed by atoms with Crippen molar-refractivity contribution in [3.05, 3.63) is 65.2 Å². The van der Waals surface area contributed by atoms with Gasteiger partial charge in [-0.2, -0.15) is 0 Å². The quantitative estimate of drug-likeness (QED) is 0.522. The molecule has 26 heavy (non-hydrogen) atoms. The first-order chi connectivity index (χ1) is 12.5. The van der Waals surface area contributed by atoms with Gasteiger partial charge in [0.2, 0.25) is 0 Å². The molecule has 0 heterocycles. The van der Waals surface area contributed by atoms with Gasteiger partial charge in [-0.15, -0.1) is 0 Å². The predicted molar refractivity (Wildman–Crippen MR) is 96.7 cm³/mol. The van der Waals surface area contributed by atoms with Gasteiger partial charge in [0.15, 0.2) is 6.29 Å². The molecule has 138 valence electrons. The number of aliphatic hydroxyl groups is 1. The Morgan fingerprint density at radius 2 is 1.81 bits per heavy atom. The number of methoxy groups -OCH3 is 1. The fourth-order valence-corrected chi connectivity index (χ4v) is 2.28. The third-order valence-corrected chi connectivity index (χ3v) is 3.62. The van der Waals surface area contributed by atoms with Gasteiger partial charge in [-0.05, 0) is 24.6 Å². The Balaban J connectivity index is 1.92. The third kappa shape index (κ3) is 5.30. The maximum Gasteiger partial charge on any atom is 0.339 e. The normalized spacial score (nSPS) is 11.5. The zero-order valence-electron chi connectivity index (χ0n) is 14.7. The molecule has 0 saturated heterocycles. The smallest absolute Gasteiger partial charge is 0.339 e. The fourth-order valence-electron chi connectivity index (χ4n) is 2.28. The van der Waals surface area contributed by atoms with E-state index in [1.807, 2.05) is 0 Å². The molecule has 0 bridgehead atoms. The lowest BCUT2D eigenvalue weighted by molar-refractivity contribution is -0.0979. The van der Waals surface area contributed by atoms with Gasteiger partial charge in [-0.3, -0.25) is 0 Å². The van der Waals surface area contributed by atoms with Crippen LogP contribution in [0.25, 0.3) is 0 Å². The number of hydrogen-bond donors (Lipinski definition) is 3. The van der Waals surface area contributed by atoms with E-state index in [0.29, 0.717) is 17.9 Å². The topological polar surface area (TPSA) is 96.9 Å². The van der Waals surface area contributed by atoms with E-state index in [1.54, 1.807) is 55.5 Å². The Morgan fingerprint density at radius 1 is 1.12 bits per heavy atom. The summed E-state index contributed by atoms with van der Waals surface area (Å²) in [6.07, 6.45) is -0.958. The number of amides is 2. The highest BCUT2D eigenvalue weighted by atomic mass is 16.6. The molecule has 7 nitrogen and oxygen atoms in total. The second-order valence-electron chi connectivity index (χ2n) is 5.39. The Morgan fingerprint density at radius 3 is 2.46 bits per heavy atom. The predicted octanol–water partition coefficient (Wildman–Crippen LogP) is 2.82. The molecule has 0 radical (unpaired) electrons. The molecule has 2 aromatic carbocycles. The number of para-hydroxylation sites is 1. The largest absolute Gasteiger partial charge is 0.465 e. The maximum absolute atomic E-state index is 12.1. The van der Waals surface area contributed by atoms with Crippen molar-refractivity contribution in [2.24, 2.45) is 0 Å². The van der Waals surface area contributed by atoms with E-state index in [9.17, 15) is 14.7 Å². The molecule has 0 fully saturated rings. The minimum Gasteiger partial charge on any atom is -0.465 e. The van der Waals surface area contributed by atoms with Crippen molar-refractivity contribution in [1.82, 2.24) is 5.32 Å². The van der Waals surface area contributed by atoms with Gasteiger partial charge in [-0.1, -0.05) is 36.4 Å². The lowest BCUT2D eigenvalue weighted by atomic mass is 10.1. The van der Waals surface area contributed by atoms with E-state index >= 15 is 0 Å². The number of urea groups is 1. The molecule has 0 aliphatic rings. The lowest BCUT2D eigenvalue weighted by Gasteiger charge is -2.12. The highest BCUT2D eigenvalue weighted by molar-refractivity contribution is 6.00. The van der Waals surface area contributed by atoms with Gasteiger partial charge >= 0.3 is 12.0 Å². The SMILES string of the molecule is CCOC(O)c1ccc(CNC(=O)Nc2ccccc2C(=O)OC)cc1. The molecule has 3 N–H and O–H groups in total. The molecule has 2 aromatic rings. The first-order valence-corrected chi connectivity index (χ1v) is 8.15. The molecule has 1 unspecified atom stereocenters. The lowest BCUT2D eigenvalue weighted by Crippen LogP contribution is -2.29. The van der Waals surface area contributed by atoms with Gasteiger partial charge in [0, 0.05) is 18.7 Å². The van der Waals surface area contributed by atoms with Crippen LogP contribution < -0.4 is 10.6 Å². The minimum atomic E-state index is -0.958. The summed E-state index contributed by atoms with van der Waals surface area (Å²) in [6.45, 7) is 2.51. The summed E-state index contributed by atoms with van der Waals surface area (Å²) in [5.74, 6) is -0.524. The van der Waals surface area contributed by atoms with Gasteiger partial charge in [0.1, 0.15) is 0 Å². The van der Waals surface area contributed by atoms with Crippen LogP contribution in [0.1, 0.15) is 34.7 Å². The number of rotatable bonds is 7. The third-order valence-electron chi connectivity index (χ3n) is 3.62. The number of ether oxygens (including phenoxy) is 2. The van der Waals surface area contributed by atoms with Crippen LogP contribution in [0.2, 0.25) is 0 Å². The van der Waals surface area contributed by atoms with Gasteiger partial charge in [0.05, 0.1) is 18.4 Å². The van der Waals surface area contributed by atoms with Crippen molar-refractivity contribution in [3.63, 3.8) is 0 Å². The number of hydrogen-bond acceptors (Lipinski definition) is 5. The second kappa shape index (κ2) is 9.55. The molecule has 0 spiro atoms. The molecule has 2 rings (SSSR count). The summed E-state index contributed by atoms with van der Waals surface area (Å²) in [5.41, 5.74) is 2.15. The molecule has 2 amide bonds. The van der Waals surface area contributed by atoms with Gasteiger partial charge in [-0.25, -0.2) is 9.59 Å². The summed E-state index contributed by atoms with van der Waals surface area (Å²) >= 11 is 0. The highest BCUT2D eigenvalue weighted by Gasteiger charge is 2.13. The minimum absolute atomic E-state index is 0.277. The zero-order valence-corrected chi connectivity index (χ0v) is 14.7. The summed E-state index contributed by atoms with van der Waals surface area (Å²) in [6, 6.07) is 13.2. The van der Waals surface area contributed by atoms with Crippen LogP contribution in [-0.4, -0.2) is 30.8 Å². The first-order valence-electron chi connectivity index (χ1n) is 8.15. The first kappa shape index (κ1) is 19.4. The Labute approximate surface area is 151 Å². The summed E-state index contributed by atoms with van der Waals surface area (Å²) in [4.78, 5) is 23.8. The molecule has 7 heteroatoms. The van der Waals surface area contributed by atoms with E-state index in [1.165, 1.54) is 7.11 Å². The Bertz CT molecular complexity index is 746. The average molecular weight is 358 g/mol. The van der Waals surface area contributed by atoms with Crippen LogP contribution >= 0.6 is 0 Å². The van der Waals surface area contributed by atoms with E-state index in [2.05, 4.69) is 10.6 Å². The fraction of sp³-hybridized carbons (Fsp3) is 0.263. The van der Waals surface area contributed by atoms with Gasteiger partial charge in [0.25, 0.3) is 0 Å². The van der Waals surface area contributed by atoms with E-state index in [4.69, 9.17) is 9.47 Å². The van der Waals surface area contributed by atoms with Crippen molar-refractivity contribution >= 4 is 17.7 Å². The van der Waals surface area contributed by atoms with Crippen molar-refractivity contribution in [2.75, 3.05) is 19.0 Å². The summed E-state index contributed by atoms with van der Waals surface area (Å²) < 4.78 is 9.80. The molecule has 1 atom stereocenters. The number of esters is 1. The summed E-state index contributed by atoms with van der Waals surface area (Å²) in [5, 5.41) is 15.1. The number of anilines is 1. The van der Waals surface area contributed by atoms with Crippen molar-refractivity contribution in [1.29, 1.82) is 0 Å². The number of carbonyl (C=O) groups is 2. The number of nitrogens with one attached hydrogen (secondary N) is 2. The monoisotopic (exact) mass is 358 g/mol. The van der Waals surface area contributed by atoms with Crippen molar-refractivity contribution in [2.45, 2.75) is 19.8 Å². The van der Waals surface area contributed by atoms with Crippen LogP contribution in [0.5, 0.6) is 0 Å². The molecular weight excluding hydrogens is 336 g/mol. The van der Waals surface area contributed by atoms with Crippen LogP contribution in [0.3, 0.4) is 0 Å². The van der Waals surface area contributed by atoms with E-state index in [0.717, 1.165) is 5.56 Å². The Hall–Kier alpha value is -2.90. The number of aliphatic hydroxyl groups excluding tert-OH is 1. The molecule has 0 saturated carbocycles. The zero-order chi connectivity index (χ0) is 18.9. The average Bonchev–Trinajstić information content (AvgIpc) is 2.67. The van der Waals surface area contributed by atoms with Crippen LogP contribution in [0.4, 0.5) is 10.5 Å². The van der Waals surface area contributed by atoms with Crippen LogP contribution in [0, 0.1) is 0 Å². The Kier molecular flexibility index (Phi) is 7.13. The van der Waals surface area contributed by atoms with Crippen molar-refractivity contribution < 1.29 is 24.2 Å². The number of benzene rings is 2. The molecule has 0 aliphatic carbocycles. The second-order valence-corrected chi connectivity index (χ2v) is 5.39. The van der Waals surface area contributed by atoms with Crippen molar-refractivity contribution in [3.8, 4) is 0 Å². The molecule has 0 aromatic heterocycles.